The van der Waals surface area contributed by atoms with Crippen LogP contribution in [0.25, 0.3) is 10.7 Å². The van der Waals surface area contributed by atoms with Crippen molar-refractivity contribution in [1.82, 2.24) is 14.6 Å². The van der Waals surface area contributed by atoms with Gasteiger partial charge < -0.3 is 10.2 Å². The Morgan fingerprint density at radius 2 is 2.08 bits per heavy atom. The second-order valence-corrected chi connectivity index (χ2v) is 6.61. The summed E-state index contributed by atoms with van der Waals surface area (Å²) in [6.07, 6.45) is 0. The monoisotopic (exact) mass is 372 g/mol. The predicted octanol–water partition coefficient (Wildman–Crippen LogP) is 1.91. The largest absolute Gasteiger partial charge is 0.442 e. The molecule has 0 spiro atoms. The summed E-state index contributed by atoms with van der Waals surface area (Å²) in [6, 6.07) is 10.2. The molecule has 3 rings (SSSR count). The molecule has 0 saturated carbocycles. The molecule has 1 aromatic carbocycles. The molecule has 0 atom stereocenters. The summed E-state index contributed by atoms with van der Waals surface area (Å²) >= 11 is 1.39. The lowest BCUT2D eigenvalue weighted by Gasteiger charge is -2.12. The summed E-state index contributed by atoms with van der Waals surface area (Å²) in [4.78, 5) is 38.4. The number of rotatable bonds is 5. The van der Waals surface area contributed by atoms with Crippen LogP contribution < -0.4 is 11.1 Å². The molecule has 1 N–H and O–H groups in total. The van der Waals surface area contributed by atoms with Crippen molar-refractivity contribution in [3.8, 4) is 10.7 Å². The van der Waals surface area contributed by atoms with Crippen LogP contribution in [-0.2, 0) is 11.3 Å². The highest BCUT2D eigenvalue weighted by molar-refractivity contribution is 7.13. The van der Waals surface area contributed by atoms with Crippen molar-refractivity contribution in [2.45, 2.75) is 6.54 Å². The predicted molar refractivity (Wildman–Crippen MR) is 97.2 cm³/mol. The first kappa shape index (κ1) is 17.6. The number of benzene rings is 1. The highest BCUT2D eigenvalue weighted by Crippen LogP contribution is 2.21. The summed E-state index contributed by atoms with van der Waals surface area (Å²) in [5.74, 6) is -1.00. The third-order valence-corrected chi connectivity index (χ3v) is 4.39. The molecule has 0 fully saturated rings. The molecule has 0 aliphatic heterocycles. The first-order valence-electron chi connectivity index (χ1n) is 7.67. The third-order valence-electron chi connectivity index (χ3n) is 3.53. The fourth-order valence-electron chi connectivity index (χ4n) is 2.32. The van der Waals surface area contributed by atoms with E-state index in [0.29, 0.717) is 17.1 Å². The van der Waals surface area contributed by atoms with Crippen LogP contribution >= 0.6 is 11.3 Å². The lowest BCUT2D eigenvalue weighted by atomic mass is 10.2. The first-order chi connectivity index (χ1) is 12.5. The van der Waals surface area contributed by atoms with Crippen LogP contribution in [-0.4, -0.2) is 40.5 Å². The molecule has 3 aromatic rings. The molecule has 134 valence electrons. The van der Waals surface area contributed by atoms with Crippen LogP contribution in [0.5, 0.6) is 0 Å². The summed E-state index contributed by atoms with van der Waals surface area (Å²) in [5, 5.41) is 8.25. The van der Waals surface area contributed by atoms with Gasteiger partial charge in [-0.1, -0.05) is 17.3 Å². The van der Waals surface area contributed by atoms with Gasteiger partial charge in [0.15, 0.2) is 5.82 Å². The van der Waals surface area contributed by atoms with Crippen molar-refractivity contribution < 1.29 is 14.1 Å². The van der Waals surface area contributed by atoms with E-state index in [9.17, 15) is 14.4 Å². The molecule has 2 aromatic heterocycles. The van der Waals surface area contributed by atoms with E-state index in [4.69, 9.17) is 0 Å². The average Bonchev–Trinajstić information content (AvgIpc) is 3.25. The molecule has 2 amide bonds. The standard InChI is InChI=1S/C17H16N4O4S/c1-20(2)16(23)11-5-3-6-12(9-11)18-14(22)10-21-15(19-25-17(21)24)13-7-4-8-26-13/h3-9H,10H2,1-2H3,(H,18,22). The van der Waals surface area contributed by atoms with Crippen molar-refractivity contribution >= 4 is 28.8 Å². The SMILES string of the molecule is CN(C)C(=O)c1cccc(NC(=O)Cn2c(-c3cccs3)noc2=O)c1. The van der Waals surface area contributed by atoms with Crippen LogP contribution in [0.2, 0.25) is 0 Å². The van der Waals surface area contributed by atoms with E-state index < -0.39 is 11.7 Å². The van der Waals surface area contributed by atoms with Gasteiger partial charge in [-0.15, -0.1) is 11.3 Å². The van der Waals surface area contributed by atoms with Gasteiger partial charge in [-0.2, -0.15) is 0 Å². The van der Waals surface area contributed by atoms with Crippen LogP contribution in [0.4, 0.5) is 5.69 Å². The lowest BCUT2D eigenvalue weighted by molar-refractivity contribution is -0.116. The highest BCUT2D eigenvalue weighted by Gasteiger charge is 2.17. The lowest BCUT2D eigenvalue weighted by Crippen LogP contribution is -2.26. The van der Waals surface area contributed by atoms with Gasteiger partial charge in [0.2, 0.25) is 5.91 Å². The average molecular weight is 372 g/mol. The van der Waals surface area contributed by atoms with Crippen molar-refractivity contribution in [3.63, 3.8) is 0 Å². The van der Waals surface area contributed by atoms with Gasteiger partial charge in [-0.25, -0.2) is 9.36 Å². The minimum Gasteiger partial charge on any atom is -0.345 e. The van der Waals surface area contributed by atoms with Crippen LogP contribution in [0.3, 0.4) is 0 Å². The van der Waals surface area contributed by atoms with E-state index in [1.165, 1.54) is 16.2 Å². The van der Waals surface area contributed by atoms with Crippen molar-refractivity contribution in [2.24, 2.45) is 0 Å². The van der Waals surface area contributed by atoms with Crippen molar-refractivity contribution in [2.75, 3.05) is 19.4 Å². The number of aromatic nitrogens is 2. The zero-order valence-corrected chi connectivity index (χ0v) is 14.9. The molecule has 0 saturated heterocycles. The fourth-order valence-corrected chi connectivity index (χ4v) is 3.04. The molecule has 0 aliphatic carbocycles. The number of nitrogens with zero attached hydrogens (tertiary/aromatic N) is 3. The van der Waals surface area contributed by atoms with Crippen molar-refractivity contribution in [1.29, 1.82) is 0 Å². The molecule has 0 bridgehead atoms. The third kappa shape index (κ3) is 3.72. The fraction of sp³-hybridized carbons (Fsp3) is 0.176. The Morgan fingerprint density at radius 3 is 2.77 bits per heavy atom. The van der Waals surface area contributed by atoms with Gasteiger partial charge in [0, 0.05) is 25.3 Å². The van der Waals surface area contributed by atoms with Gasteiger partial charge >= 0.3 is 5.76 Å². The number of nitrogens with one attached hydrogen (secondary N) is 1. The topological polar surface area (TPSA) is 97.4 Å². The smallest absolute Gasteiger partial charge is 0.345 e. The first-order valence-corrected chi connectivity index (χ1v) is 8.55. The summed E-state index contributed by atoms with van der Waals surface area (Å²) in [5.41, 5.74) is 0.916. The maximum Gasteiger partial charge on any atom is 0.442 e. The van der Waals surface area contributed by atoms with Crippen LogP contribution in [0.1, 0.15) is 10.4 Å². The Kier molecular flexibility index (Phi) is 4.99. The molecule has 8 nitrogen and oxygen atoms in total. The molecule has 9 heteroatoms. The summed E-state index contributed by atoms with van der Waals surface area (Å²) in [7, 11) is 3.30. The number of thiophene rings is 1. The number of hydrogen-bond donors (Lipinski definition) is 1. The minimum atomic E-state index is -0.708. The minimum absolute atomic E-state index is 0.170. The maximum absolute atomic E-state index is 12.3. The maximum atomic E-state index is 12.3. The molecule has 0 radical (unpaired) electrons. The van der Waals surface area contributed by atoms with E-state index in [1.807, 2.05) is 11.4 Å². The second-order valence-electron chi connectivity index (χ2n) is 5.66. The Morgan fingerprint density at radius 1 is 1.27 bits per heavy atom. The molecular weight excluding hydrogens is 356 g/mol. The Balaban J connectivity index is 1.77. The van der Waals surface area contributed by atoms with E-state index in [0.717, 1.165) is 9.44 Å². The van der Waals surface area contributed by atoms with E-state index in [1.54, 1.807) is 44.4 Å². The van der Waals surface area contributed by atoms with Crippen LogP contribution in [0, 0.1) is 0 Å². The van der Waals surface area contributed by atoms with E-state index in [2.05, 4.69) is 15.0 Å². The van der Waals surface area contributed by atoms with Crippen LogP contribution in [0.15, 0.2) is 51.1 Å². The van der Waals surface area contributed by atoms with Crippen molar-refractivity contribution in [3.05, 3.63) is 57.9 Å². The Hall–Kier alpha value is -3.20. The normalized spacial score (nSPS) is 10.5. The van der Waals surface area contributed by atoms with Gasteiger partial charge in [0.1, 0.15) is 6.54 Å². The van der Waals surface area contributed by atoms with E-state index in [-0.39, 0.29) is 12.5 Å². The Bertz CT molecular complexity index is 988. The Labute approximate surface area is 152 Å². The summed E-state index contributed by atoms with van der Waals surface area (Å²) < 4.78 is 5.84. The molecule has 0 aliphatic rings. The zero-order chi connectivity index (χ0) is 18.7. The zero-order valence-electron chi connectivity index (χ0n) is 14.1. The van der Waals surface area contributed by atoms with Gasteiger partial charge in [0.05, 0.1) is 4.88 Å². The second kappa shape index (κ2) is 7.36. The quantitative estimate of drug-likeness (QED) is 0.738. The van der Waals surface area contributed by atoms with Gasteiger partial charge in [0.25, 0.3) is 5.91 Å². The van der Waals surface area contributed by atoms with Gasteiger partial charge in [-0.3, -0.25) is 14.1 Å². The van der Waals surface area contributed by atoms with E-state index >= 15 is 0 Å². The number of hydrogen-bond acceptors (Lipinski definition) is 6. The number of carbonyl (C=O) groups is 2. The number of anilines is 1. The molecule has 2 heterocycles. The number of carbonyl (C=O) groups excluding carboxylic acids is 2. The molecule has 0 unspecified atom stereocenters. The number of amides is 2. The highest BCUT2D eigenvalue weighted by atomic mass is 32.1. The van der Waals surface area contributed by atoms with Gasteiger partial charge in [-0.05, 0) is 29.6 Å². The summed E-state index contributed by atoms with van der Waals surface area (Å²) in [6.45, 7) is -0.249. The molecular formula is C17H16N4O4S. The molecule has 26 heavy (non-hydrogen) atoms.